The van der Waals surface area contributed by atoms with E-state index in [1.54, 1.807) is 0 Å². The maximum absolute atomic E-state index is 13.0. The van der Waals surface area contributed by atoms with Gasteiger partial charge in [-0.05, 0) is 25.5 Å². The van der Waals surface area contributed by atoms with Gasteiger partial charge in [0.25, 0.3) is 0 Å². The van der Waals surface area contributed by atoms with Crippen LogP contribution in [-0.4, -0.2) is 25.5 Å². The molecule has 0 radical (unpaired) electrons. The first-order chi connectivity index (χ1) is 8.54. The molecule has 1 aromatic rings. The van der Waals surface area contributed by atoms with Crippen molar-refractivity contribution in [3.05, 3.63) is 29.6 Å². The normalized spacial score (nSPS) is 9.94. The number of carbonyl (C=O) groups is 2. The van der Waals surface area contributed by atoms with E-state index in [1.165, 1.54) is 26.2 Å². The first-order valence-electron chi connectivity index (χ1n) is 5.54. The van der Waals surface area contributed by atoms with Crippen molar-refractivity contribution in [2.75, 3.05) is 13.7 Å². The van der Waals surface area contributed by atoms with E-state index >= 15 is 0 Å². The highest BCUT2D eigenvalue weighted by Crippen LogP contribution is 2.20. The Balaban J connectivity index is 2.58. The van der Waals surface area contributed by atoms with E-state index < -0.39 is 5.82 Å². The number of ketones is 1. The molecule has 0 atom stereocenters. The van der Waals surface area contributed by atoms with Gasteiger partial charge >= 0.3 is 5.97 Å². The number of hydrogen-bond donors (Lipinski definition) is 0. The van der Waals surface area contributed by atoms with Crippen molar-refractivity contribution < 1.29 is 23.5 Å². The zero-order valence-corrected chi connectivity index (χ0v) is 10.4. The van der Waals surface area contributed by atoms with Crippen molar-refractivity contribution >= 4 is 11.8 Å². The van der Waals surface area contributed by atoms with Crippen molar-refractivity contribution in [3.63, 3.8) is 0 Å². The second-order valence-corrected chi connectivity index (χ2v) is 3.72. The Kier molecular flexibility index (Phi) is 5.30. The monoisotopic (exact) mass is 254 g/mol. The minimum Gasteiger partial charge on any atom is -0.493 e. The van der Waals surface area contributed by atoms with Crippen LogP contribution in [0.25, 0.3) is 0 Å². The number of esters is 1. The molecule has 0 aliphatic heterocycles. The number of carbonyl (C=O) groups excluding carboxylic acids is 2. The molecule has 0 saturated carbocycles. The molecule has 0 aromatic heterocycles. The molecule has 0 saturated heterocycles. The molecule has 0 fully saturated rings. The Labute approximate surface area is 105 Å². The van der Waals surface area contributed by atoms with Gasteiger partial charge in [0.15, 0.2) is 5.78 Å². The smallest absolute Gasteiger partial charge is 0.305 e. The lowest BCUT2D eigenvalue weighted by molar-refractivity contribution is -0.140. The average Bonchev–Trinajstić information content (AvgIpc) is 2.34. The summed E-state index contributed by atoms with van der Waals surface area (Å²) in [5, 5.41) is 0. The third-order valence-corrected chi connectivity index (χ3v) is 2.33. The summed E-state index contributed by atoms with van der Waals surface area (Å²) in [5.74, 6) is -0.794. The Hall–Kier alpha value is -1.91. The van der Waals surface area contributed by atoms with Crippen molar-refractivity contribution in [1.29, 1.82) is 0 Å². The van der Waals surface area contributed by atoms with Crippen LogP contribution in [0.1, 0.15) is 30.1 Å². The van der Waals surface area contributed by atoms with Crippen molar-refractivity contribution in [2.45, 2.75) is 19.8 Å². The van der Waals surface area contributed by atoms with Crippen LogP contribution in [0.4, 0.5) is 4.39 Å². The van der Waals surface area contributed by atoms with Gasteiger partial charge in [0.2, 0.25) is 0 Å². The number of rotatable bonds is 6. The molecule has 1 rings (SSSR count). The molecule has 4 nitrogen and oxygen atoms in total. The third-order valence-electron chi connectivity index (χ3n) is 2.33. The summed E-state index contributed by atoms with van der Waals surface area (Å²) in [5.41, 5.74) is 0.328. The van der Waals surface area contributed by atoms with Gasteiger partial charge in [-0.3, -0.25) is 9.59 Å². The lowest BCUT2D eigenvalue weighted by atomic mass is 10.1. The molecule has 18 heavy (non-hydrogen) atoms. The van der Waals surface area contributed by atoms with Crippen molar-refractivity contribution in [1.82, 2.24) is 0 Å². The lowest BCUT2D eigenvalue weighted by Gasteiger charge is -2.09. The van der Waals surface area contributed by atoms with Crippen LogP contribution in [0.5, 0.6) is 5.75 Å². The van der Waals surface area contributed by atoms with E-state index in [1.807, 2.05) is 0 Å². The molecule has 0 heterocycles. The van der Waals surface area contributed by atoms with Gasteiger partial charge in [-0.1, -0.05) is 0 Å². The zero-order chi connectivity index (χ0) is 13.5. The van der Waals surface area contributed by atoms with Crippen LogP contribution in [0.3, 0.4) is 0 Å². The molecular formula is C13H15FO4. The molecule has 0 aliphatic rings. The van der Waals surface area contributed by atoms with Crippen LogP contribution in [0.15, 0.2) is 18.2 Å². The molecule has 1 aromatic carbocycles. The minimum absolute atomic E-state index is 0.196. The first-order valence-corrected chi connectivity index (χ1v) is 5.54. The van der Waals surface area contributed by atoms with Crippen LogP contribution >= 0.6 is 0 Å². The first kappa shape index (κ1) is 14.2. The summed E-state index contributed by atoms with van der Waals surface area (Å²) in [6, 6.07) is 3.75. The Morgan fingerprint density at radius 3 is 2.67 bits per heavy atom. The number of benzene rings is 1. The molecule has 0 amide bonds. The number of methoxy groups -OCH3 is 1. The van der Waals surface area contributed by atoms with Gasteiger partial charge in [-0.2, -0.15) is 0 Å². The zero-order valence-electron chi connectivity index (χ0n) is 10.4. The van der Waals surface area contributed by atoms with Gasteiger partial charge in [0, 0.05) is 12.5 Å². The van der Waals surface area contributed by atoms with E-state index in [0.717, 1.165) is 6.07 Å². The molecule has 0 aliphatic carbocycles. The van der Waals surface area contributed by atoms with E-state index in [4.69, 9.17) is 4.74 Å². The largest absolute Gasteiger partial charge is 0.493 e. The number of halogens is 1. The third kappa shape index (κ3) is 4.16. The standard InChI is InChI=1S/C13H15FO4/c1-9(15)11-6-5-10(14)8-12(11)18-7-3-4-13(16)17-2/h5-6,8H,3-4,7H2,1-2H3. The van der Waals surface area contributed by atoms with Gasteiger partial charge in [-0.25, -0.2) is 4.39 Å². The van der Waals surface area contributed by atoms with Crippen LogP contribution in [0, 0.1) is 5.82 Å². The van der Waals surface area contributed by atoms with E-state index in [2.05, 4.69) is 4.74 Å². The molecular weight excluding hydrogens is 239 g/mol. The Morgan fingerprint density at radius 1 is 1.33 bits per heavy atom. The molecule has 0 spiro atoms. The summed E-state index contributed by atoms with van der Waals surface area (Å²) in [6.07, 6.45) is 0.668. The molecule has 98 valence electrons. The van der Waals surface area contributed by atoms with Crippen molar-refractivity contribution in [3.8, 4) is 5.75 Å². The fraction of sp³-hybridized carbons (Fsp3) is 0.385. The summed E-state index contributed by atoms with van der Waals surface area (Å²) in [7, 11) is 1.31. The van der Waals surface area contributed by atoms with Gasteiger partial charge in [0.1, 0.15) is 11.6 Å². The quantitative estimate of drug-likeness (QED) is 0.444. The van der Waals surface area contributed by atoms with E-state index in [0.29, 0.717) is 12.0 Å². The average molecular weight is 254 g/mol. The SMILES string of the molecule is COC(=O)CCCOc1cc(F)ccc1C(C)=O. The number of ether oxygens (including phenoxy) is 2. The fourth-order valence-electron chi connectivity index (χ4n) is 1.41. The maximum atomic E-state index is 13.0. The Morgan fingerprint density at radius 2 is 2.06 bits per heavy atom. The highest BCUT2D eigenvalue weighted by Gasteiger charge is 2.10. The highest BCUT2D eigenvalue weighted by molar-refractivity contribution is 5.96. The number of hydrogen-bond acceptors (Lipinski definition) is 4. The summed E-state index contributed by atoms with van der Waals surface area (Å²) < 4.78 is 22.8. The predicted octanol–water partition coefficient (Wildman–Crippen LogP) is 2.36. The van der Waals surface area contributed by atoms with Crippen LogP contribution < -0.4 is 4.74 Å². The predicted molar refractivity (Wildman–Crippen MR) is 63.1 cm³/mol. The van der Waals surface area contributed by atoms with E-state index in [9.17, 15) is 14.0 Å². The van der Waals surface area contributed by atoms with Gasteiger partial charge < -0.3 is 9.47 Å². The van der Waals surface area contributed by atoms with Gasteiger partial charge in [-0.15, -0.1) is 0 Å². The van der Waals surface area contributed by atoms with Crippen LogP contribution in [-0.2, 0) is 9.53 Å². The number of Topliss-reactive ketones (excluding diaryl/α,β-unsaturated/α-hetero) is 1. The minimum atomic E-state index is -0.469. The molecule has 5 heteroatoms. The molecule has 0 bridgehead atoms. The topological polar surface area (TPSA) is 52.6 Å². The highest BCUT2D eigenvalue weighted by atomic mass is 19.1. The lowest BCUT2D eigenvalue weighted by Crippen LogP contribution is -2.06. The summed E-state index contributed by atoms with van der Waals surface area (Å²) in [6.45, 7) is 1.60. The summed E-state index contributed by atoms with van der Waals surface area (Å²) in [4.78, 5) is 22.1. The maximum Gasteiger partial charge on any atom is 0.305 e. The van der Waals surface area contributed by atoms with Gasteiger partial charge in [0.05, 0.1) is 19.3 Å². The second-order valence-electron chi connectivity index (χ2n) is 3.72. The Bertz CT molecular complexity index is 443. The second kappa shape index (κ2) is 6.74. The van der Waals surface area contributed by atoms with E-state index in [-0.39, 0.29) is 30.5 Å². The summed E-state index contributed by atoms with van der Waals surface area (Å²) >= 11 is 0. The molecule has 0 N–H and O–H groups in total. The molecule has 0 unspecified atom stereocenters. The van der Waals surface area contributed by atoms with Crippen LogP contribution in [0.2, 0.25) is 0 Å². The van der Waals surface area contributed by atoms with Crippen molar-refractivity contribution in [2.24, 2.45) is 0 Å². The fourth-order valence-corrected chi connectivity index (χ4v) is 1.41.